The van der Waals surface area contributed by atoms with Crippen LogP contribution in [0.15, 0.2) is 36.4 Å². The van der Waals surface area contributed by atoms with Crippen LogP contribution in [0.3, 0.4) is 0 Å². The molecule has 4 heteroatoms. The van der Waals surface area contributed by atoms with Gasteiger partial charge in [-0.15, -0.1) is 0 Å². The van der Waals surface area contributed by atoms with E-state index >= 15 is 0 Å². The third-order valence-corrected chi connectivity index (χ3v) is 4.58. The van der Waals surface area contributed by atoms with Gasteiger partial charge in [-0.25, -0.2) is 0 Å². The molecule has 1 aliphatic heterocycles. The number of hydrogen-bond donors (Lipinski definition) is 1. The van der Waals surface area contributed by atoms with Crippen molar-refractivity contribution in [3.63, 3.8) is 0 Å². The number of nitrogens with one attached hydrogen (secondary N) is 1. The fraction of sp³-hybridized carbons (Fsp3) is 0.450. The number of piperidine rings is 1. The molecule has 0 bridgehead atoms. The van der Waals surface area contributed by atoms with Crippen molar-refractivity contribution in [3.8, 4) is 5.75 Å². The maximum atomic E-state index is 12.8. The zero-order valence-electron chi connectivity index (χ0n) is 14.4. The Balaban J connectivity index is 1.73. The summed E-state index contributed by atoms with van der Waals surface area (Å²) in [7, 11) is 0. The van der Waals surface area contributed by atoms with E-state index in [-0.39, 0.29) is 5.91 Å². The number of nitrogens with zero attached hydrogens (tertiary/aromatic N) is 1. The van der Waals surface area contributed by atoms with E-state index in [1.54, 1.807) is 0 Å². The summed E-state index contributed by atoms with van der Waals surface area (Å²) in [4.78, 5) is 15.2. The molecule has 1 amide bonds. The number of hydrogen-bond acceptors (Lipinski definition) is 3. The fourth-order valence-corrected chi connectivity index (χ4v) is 3.36. The van der Waals surface area contributed by atoms with E-state index in [2.05, 4.69) is 10.2 Å². The molecule has 1 fully saturated rings. The number of amides is 1. The normalized spacial score (nSPS) is 15.4. The van der Waals surface area contributed by atoms with Gasteiger partial charge >= 0.3 is 0 Å². The average Bonchev–Trinajstić information content (AvgIpc) is 2.62. The topological polar surface area (TPSA) is 41.6 Å². The van der Waals surface area contributed by atoms with Crippen molar-refractivity contribution in [2.75, 3.05) is 32.8 Å². The third-order valence-electron chi connectivity index (χ3n) is 4.58. The Labute approximate surface area is 143 Å². The molecule has 0 unspecified atom stereocenters. The number of benzene rings is 2. The van der Waals surface area contributed by atoms with Gasteiger partial charge in [0.2, 0.25) is 0 Å². The largest absolute Gasteiger partial charge is 0.493 e. The van der Waals surface area contributed by atoms with Crippen LogP contribution >= 0.6 is 0 Å². The molecule has 0 aliphatic carbocycles. The molecule has 4 nitrogen and oxygen atoms in total. The zero-order chi connectivity index (χ0) is 16.8. The van der Waals surface area contributed by atoms with E-state index in [9.17, 15) is 4.79 Å². The molecule has 3 rings (SSSR count). The first-order valence-corrected chi connectivity index (χ1v) is 8.94. The number of rotatable bonds is 6. The molecule has 0 atom stereocenters. The van der Waals surface area contributed by atoms with E-state index in [4.69, 9.17) is 4.74 Å². The van der Waals surface area contributed by atoms with E-state index in [1.165, 1.54) is 19.3 Å². The predicted octanol–water partition coefficient (Wildman–Crippen LogP) is 3.45. The van der Waals surface area contributed by atoms with Crippen molar-refractivity contribution < 1.29 is 9.53 Å². The molecule has 1 heterocycles. The summed E-state index contributed by atoms with van der Waals surface area (Å²) < 4.78 is 5.69. The number of carbonyl (C=O) groups excluding carboxylic acids is 1. The Morgan fingerprint density at radius 2 is 1.92 bits per heavy atom. The highest BCUT2D eigenvalue weighted by molar-refractivity contribution is 6.09. The van der Waals surface area contributed by atoms with E-state index in [0.717, 1.165) is 30.4 Å². The van der Waals surface area contributed by atoms with Crippen molar-refractivity contribution >= 4 is 16.7 Å². The lowest BCUT2D eigenvalue weighted by atomic mass is 10.0. The van der Waals surface area contributed by atoms with Crippen molar-refractivity contribution in [3.05, 3.63) is 42.0 Å². The highest BCUT2D eigenvalue weighted by atomic mass is 16.5. The average molecular weight is 326 g/mol. The number of fused-ring (bicyclic) bond motifs is 1. The standard InChI is InChI=1S/C20H26N2O2/c1-2-24-18-11-10-16-8-4-5-9-17(16)19(18)20(23)21-12-15-22-13-6-3-7-14-22/h4-5,8-11H,2-3,6-7,12-15H2,1H3,(H,21,23). The lowest BCUT2D eigenvalue weighted by Gasteiger charge is -2.26. The second-order valence-corrected chi connectivity index (χ2v) is 6.25. The van der Waals surface area contributed by atoms with Crippen molar-refractivity contribution in [1.29, 1.82) is 0 Å². The van der Waals surface area contributed by atoms with Crippen LogP contribution in [0.4, 0.5) is 0 Å². The molecular weight excluding hydrogens is 300 g/mol. The van der Waals surface area contributed by atoms with Crippen LogP contribution < -0.4 is 10.1 Å². The molecule has 0 aromatic heterocycles. The van der Waals surface area contributed by atoms with Crippen LogP contribution in [0.2, 0.25) is 0 Å². The van der Waals surface area contributed by atoms with E-state index in [1.807, 2.05) is 43.3 Å². The molecule has 128 valence electrons. The van der Waals surface area contributed by atoms with Crippen molar-refractivity contribution in [2.24, 2.45) is 0 Å². The Hall–Kier alpha value is -2.07. The number of carbonyl (C=O) groups is 1. The second-order valence-electron chi connectivity index (χ2n) is 6.25. The van der Waals surface area contributed by atoms with Crippen LogP contribution in [0.25, 0.3) is 10.8 Å². The SMILES string of the molecule is CCOc1ccc2ccccc2c1C(=O)NCCN1CCCCC1. The van der Waals surface area contributed by atoms with Gasteiger partial charge in [-0.05, 0) is 49.7 Å². The Morgan fingerprint density at radius 1 is 1.12 bits per heavy atom. The van der Waals surface area contributed by atoms with Crippen molar-refractivity contribution in [2.45, 2.75) is 26.2 Å². The first-order chi connectivity index (χ1) is 11.8. The maximum absolute atomic E-state index is 12.8. The van der Waals surface area contributed by atoms with Gasteiger partial charge in [0.05, 0.1) is 12.2 Å². The molecule has 2 aromatic rings. The molecule has 0 spiro atoms. The summed E-state index contributed by atoms with van der Waals surface area (Å²) in [5.74, 6) is 0.610. The van der Waals surface area contributed by atoms with Gasteiger partial charge in [0.25, 0.3) is 5.91 Å². The van der Waals surface area contributed by atoms with Crippen LogP contribution in [-0.2, 0) is 0 Å². The fourth-order valence-electron chi connectivity index (χ4n) is 3.36. The molecular formula is C20H26N2O2. The van der Waals surface area contributed by atoms with E-state index in [0.29, 0.717) is 24.5 Å². The Bertz CT molecular complexity index is 693. The Kier molecular flexibility index (Phi) is 5.70. The van der Waals surface area contributed by atoms with Crippen molar-refractivity contribution in [1.82, 2.24) is 10.2 Å². The minimum atomic E-state index is -0.0488. The van der Waals surface area contributed by atoms with Gasteiger partial charge in [-0.2, -0.15) is 0 Å². The van der Waals surface area contributed by atoms with Crippen LogP contribution in [0.1, 0.15) is 36.5 Å². The van der Waals surface area contributed by atoms with Crippen LogP contribution in [0, 0.1) is 0 Å². The summed E-state index contributed by atoms with van der Waals surface area (Å²) in [6, 6.07) is 11.9. The summed E-state index contributed by atoms with van der Waals surface area (Å²) in [6.45, 7) is 6.37. The summed E-state index contributed by atoms with van der Waals surface area (Å²) >= 11 is 0. The van der Waals surface area contributed by atoms with Gasteiger partial charge < -0.3 is 15.0 Å². The smallest absolute Gasteiger partial charge is 0.255 e. The molecule has 0 radical (unpaired) electrons. The van der Waals surface area contributed by atoms with Gasteiger partial charge in [0, 0.05) is 13.1 Å². The lowest BCUT2D eigenvalue weighted by Crippen LogP contribution is -2.37. The van der Waals surface area contributed by atoms with Gasteiger partial charge in [0.15, 0.2) is 0 Å². The summed E-state index contributed by atoms with van der Waals surface area (Å²) in [6.07, 6.45) is 3.87. The predicted molar refractivity (Wildman–Crippen MR) is 97.7 cm³/mol. The molecule has 2 aromatic carbocycles. The van der Waals surface area contributed by atoms with Crippen LogP contribution in [0.5, 0.6) is 5.75 Å². The summed E-state index contributed by atoms with van der Waals surface area (Å²) in [5, 5.41) is 5.08. The minimum Gasteiger partial charge on any atom is -0.493 e. The van der Waals surface area contributed by atoms with E-state index < -0.39 is 0 Å². The summed E-state index contributed by atoms with van der Waals surface area (Å²) in [5.41, 5.74) is 0.647. The first kappa shape index (κ1) is 16.8. The monoisotopic (exact) mass is 326 g/mol. The van der Waals surface area contributed by atoms with Gasteiger partial charge in [-0.3, -0.25) is 4.79 Å². The number of likely N-dealkylation sites (tertiary alicyclic amines) is 1. The van der Waals surface area contributed by atoms with Gasteiger partial charge in [-0.1, -0.05) is 36.8 Å². The number of ether oxygens (including phenoxy) is 1. The first-order valence-electron chi connectivity index (χ1n) is 8.94. The molecule has 1 N–H and O–H groups in total. The molecule has 24 heavy (non-hydrogen) atoms. The molecule has 1 saturated heterocycles. The third kappa shape index (κ3) is 3.88. The zero-order valence-corrected chi connectivity index (χ0v) is 14.4. The van der Waals surface area contributed by atoms with Crippen LogP contribution in [-0.4, -0.2) is 43.6 Å². The highest BCUT2D eigenvalue weighted by Crippen LogP contribution is 2.28. The lowest BCUT2D eigenvalue weighted by molar-refractivity contribution is 0.0944. The minimum absolute atomic E-state index is 0.0488. The molecule has 1 aliphatic rings. The maximum Gasteiger partial charge on any atom is 0.255 e. The molecule has 0 saturated carbocycles. The highest BCUT2D eigenvalue weighted by Gasteiger charge is 2.17. The second kappa shape index (κ2) is 8.15. The van der Waals surface area contributed by atoms with Gasteiger partial charge in [0.1, 0.15) is 5.75 Å². The Morgan fingerprint density at radius 3 is 2.71 bits per heavy atom. The quantitative estimate of drug-likeness (QED) is 0.884.